The second-order valence-electron chi connectivity index (χ2n) is 4.64. The number of carbonyl (C=O) groups excluding carboxylic acids is 1. The molecule has 1 heterocycles. The number of aromatic nitrogens is 2. The number of hydrogen-bond acceptors (Lipinski definition) is 3. The largest absolute Gasteiger partial charge is 0.382 e. The fourth-order valence-electron chi connectivity index (χ4n) is 2.25. The Balaban J connectivity index is 2.30. The Labute approximate surface area is 137 Å². The summed E-state index contributed by atoms with van der Waals surface area (Å²) in [5, 5.41) is 5.37. The molecule has 0 saturated carbocycles. The van der Waals surface area contributed by atoms with Crippen molar-refractivity contribution >= 4 is 35.3 Å². The third kappa shape index (κ3) is 2.47. The first-order valence-electron chi connectivity index (χ1n) is 6.46. The van der Waals surface area contributed by atoms with Crippen LogP contribution in [-0.4, -0.2) is 16.1 Å². The summed E-state index contributed by atoms with van der Waals surface area (Å²) in [7, 11) is 0. The average molecular weight is 332 g/mol. The van der Waals surface area contributed by atoms with Crippen molar-refractivity contribution in [3.63, 3.8) is 0 Å². The maximum absolute atomic E-state index is 11.4. The standard InChI is InChI=1S/C16H11Cl2N3O/c17-11-7-5-10(6-8-11)15-12(9-22)16(19)20-21(15)14-4-2-1-3-13(14)18/h1-9H,(H2,19,20). The molecule has 0 aliphatic carbocycles. The van der Waals surface area contributed by atoms with Crippen LogP contribution in [0.3, 0.4) is 0 Å². The molecule has 0 atom stereocenters. The summed E-state index contributed by atoms with van der Waals surface area (Å²) in [6.45, 7) is 0. The Morgan fingerprint density at radius 1 is 1.05 bits per heavy atom. The summed E-state index contributed by atoms with van der Waals surface area (Å²) in [6.07, 6.45) is 0.694. The number of aldehydes is 1. The number of halogens is 2. The smallest absolute Gasteiger partial charge is 0.157 e. The number of carbonyl (C=O) groups is 1. The van der Waals surface area contributed by atoms with Crippen molar-refractivity contribution in [1.29, 1.82) is 0 Å². The van der Waals surface area contributed by atoms with Gasteiger partial charge in [-0.05, 0) is 24.3 Å². The number of nitrogen functional groups attached to an aromatic ring is 1. The van der Waals surface area contributed by atoms with Crippen LogP contribution in [0.5, 0.6) is 0 Å². The molecule has 22 heavy (non-hydrogen) atoms. The van der Waals surface area contributed by atoms with Crippen molar-refractivity contribution in [3.8, 4) is 16.9 Å². The molecule has 3 rings (SSSR count). The molecule has 0 unspecified atom stereocenters. The summed E-state index contributed by atoms with van der Waals surface area (Å²) in [4.78, 5) is 11.4. The van der Waals surface area contributed by atoms with Crippen molar-refractivity contribution in [2.24, 2.45) is 0 Å². The monoisotopic (exact) mass is 331 g/mol. The zero-order valence-electron chi connectivity index (χ0n) is 11.3. The van der Waals surface area contributed by atoms with Crippen LogP contribution < -0.4 is 5.73 Å². The van der Waals surface area contributed by atoms with E-state index in [0.717, 1.165) is 5.56 Å². The van der Waals surface area contributed by atoms with E-state index in [0.29, 0.717) is 33.3 Å². The van der Waals surface area contributed by atoms with Gasteiger partial charge >= 0.3 is 0 Å². The fraction of sp³-hybridized carbons (Fsp3) is 0. The van der Waals surface area contributed by atoms with E-state index in [-0.39, 0.29) is 5.82 Å². The zero-order chi connectivity index (χ0) is 15.7. The van der Waals surface area contributed by atoms with E-state index in [2.05, 4.69) is 5.10 Å². The minimum absolute atomic E-state index is 0.153. The average Bonchev–Trinajstić information content (AvgIpc) is 2.85. The lowest BCUT2D eigenvalue weighted by molar-refractivity contribution is 0.112. The number of hydrogen-bond donors (Lipinski definition) is 1. The molecule has 0 spiro atoms. The van der Waals surface area contributed by atoms with Crippen molar-refractivity contribution in [2.45, 2.75) is 0 Å². The lowest BCUT2D eigenvalue weighted by Gasteiger charge is -2.10. The third-order valence-electron chi connectivity index (χ3n) is 3.27. The van der Waals surface area contributed by atoms with Crippen LogP contribution in [0.25, 0.3) is 16.9 Å². The Morgan fingerprint density at radius 2 is 1.73 bits per heavy atom. The van der Waals surface area contributed by atoms with Gasteiger partial charge in [-0.25, -0.2) is 4.68 Å². The Morgan fingerprint density at radius 3 is 2.36 bits per heavy atom. The predicted octanol–water partition coefficient (Wildman–Crippen LogP) is 4.24. The second kappa shape index (κ2) is 5.83. The summed E-state index contributed by atoms with van der Waals surface area (Å²) >= 11 is 12.2. The van der Waals surface area contributed by atoms with Gasteiger partial charge in [0, 0.05) is 10.6 Å². The van der Waals surface area contributed by atoms with Crippen molar-refractivity contribution in [1.82, 2.24) is 9.78 Å². The molecule has 0 aliphatic rings. The number of rotatable bonds is 3. The molecule has 6 heteroatoms. The van der Waals surface area contributed by atoms with Crippen LogP contribution in [0.2, 0.25) is 10.0 Å². The summed E-state index contributed by atoms with van der Waals surface area (Å²) in [6, 6.07) is 14.3. The van der Waals surface area contributed by atoms with Crippen LogP contribution >= 0.6 is 23.2 Å². The van der Waals surface area contributed by atoms with Gasteiger partial charge in [0.05, 0.1) is 22.0 Å². The van der Waals surface area contributed by atoms with Crippen molar-refractivity contribution in [2.75, 3.05) is 5.73 Å². The summed E-state index contributed by atoms with van der Waals surface area (Å²) in [5.41, 5.74) is 8.20. The third-order valence-corrected chi connectivity index (χ3v) is 3.84. The van der Waals surface area contributed by atoms with Crippen molar-refractivity contribution < 1.29 is 4.79 Å². The van der Waals surface area contributed by atoms with Gasteiger partial charge in [0.2, 0.25) is 0 Å². The van der Waals surface area contributed by atoms with E-state index in [4.69, 9.17) is 28.9 Å². The molecule has 0 fully saturated rings. The molecule has 3 aromatic rings. The predicted molar refractivity (Wildman–Crippen MR) is 88.8 cm³/mol. The highest BCUT2D eigenvalue weighted by atomic mass is 35.5. The minimum Gasteiger partial charge on any atom is -0.382 e. The van der Waals surface area contributed by atoms with E-state index < -0.39 is 0 Å². The van der Waals surface area contributed by atoms with Crippen LogP contribution in [0, 0.1) is 0 Å². The molecular formula is C16H11Cl2N3O. The minimum atomic E-state index is 0.153. The molecule has 4 nitrogen and oxygen atoms in total. The number of nitrogens with zero attached hydrogens (tertiary/aromatic N) is 2. The highest BCUT2D eigenvalue weighted by molar-refractivity contribution is 6.32. The topological polar surface area (TPSA) is 60.9 Å². The highest BCUT2D eigenvalue weighted by Gasteiger charge is 2.19. The molecule has 2 aromatic carbocycles. The summed E-state index contributed by atoms with van der Waals surface area (Å²) in [5.74, 6) is 0.153. The van der Waals surface area contributed by atoms with E-state index in [1.165, 1.54) is 0 Å². The molecule has 0 radical (unpaired) electrons. The maximum atomic E-state index is 11.4. The number of nitrogens with two attached hydrogens (primary N) is 1. The van der Waals surface area contributed by atoms with Gasteiger partial charge in [-0.3, -0.25) is 4.79 Å². The maximum Gasteiger partial charge on any atom is 0.157 e. The lowest BCUT2D eigenvalue weighted by atomic mass is 10.1. The van der Waals surface area contributed by atoms with Crippen LogP contribution in [0.1, 0.15) is 10.4 Å². The van der Waals surface area contributed by atoms with Gasteiger partial charge in [-0.15, -0.1) is 5.10 Å². The molecule has 0 aliphatic heterocycles. The molecule has 0 bridgehead atoms. The van der Waals surface area contributed by atoms with Gasteiger partial charge in [0.25, 0.3) is 0 Å². The van der Waals surface area contributed by atoms with E-state index >= 15 is 0 Å². The van der Waals surface area contributed by atoms with Gasteiger partial charge in [-0.2, -0.15) is 0 Å². The van der Waals surface area contributed by atoms with Gasteiger partial charge in [-0.1, -0.05) is 47.5 Å². The SMILES string of the molecule is Nc1nn(-c2ccccc2Cl)c(-c2ccc(Cl)cc2)c1C=O. The number of para-hydroxylation sites is 1. The molecule has 110 valence electrons. The van der Waals surface area contributed by atoms with Crippen LogP contribution in [0.4, 0.5) is 5.82 Å². The first kappa shape index (κ1) is 14.6. The number of anilines is 1. The van der Waals surface area contributed by atoms with E-state index in [1.807, 2.05) is 18.2 Å². The van der Waals surface area contributed by atoms with Crippen LogP contribution in [-0.2, 0) is 0 Å². The first-order chi connectivity index (χ1) is 10.6. The highest BCUT2D eigenvalue weighted by Crippen LogP contribution is 2.32. The molecule has 1 aromatic heterocycles. The second-order valence-corrected chi connectivity index (χ2v) is 5.48. The molecule has 0 saturated heterocycles. The van der Waals surface area contributed by atoms with E-state index in [9.17, 15) is 4.79 Å². The molecule has 2 N–H and O–H groups in total. The molecule has 0 amide bonds. The van der Waals surface area contributed by atoms with Gasteiger partial charge in [0.15, 0.2) is 12.1 Å². The quantitative estimate of drug-likeness (QED) is 0.730. The Kier molecular flexibility index (Phi) is 3.88. The van der Waals surface area contributed by atoms with Crippen molar-refractivity contribution in [3.05, 3.63) is 64.1 Å². The normalized spacial score (nSPS) is 10.6. The van der Waals surface area contributed by atoms with Gasteiger partial charge in [0.1, 0.15) is 0 Å². The fourth-order valence-corrected chi connectivity index (χ4v) is 2.59. The molecular weight excluding hydrogens is 321 g/mol. The van der Waals surface area contributed by atoms with Crippen LogP contribution in [0.15, 0.2) is 48.5 Å². The first-order valence-corrected chi connectivity index (χ1v) is 7.22. The van der Waals surface area contributed by atoms with E-state index in [1.54, 1.807) is 35.0 Å². The Bertz CT molecular complexity index is 841. The Hall–Kier alpha value is -2.30. The van der Waals surface area contributed by atoms with Gasteiger partial charge < -0.3 is 5.73 Å². The lowest BCUT2D eigenvalue weighted by Crippen LogP contribution is -2.01. The summed E-state index contributed by atoms with van der Waals surface area (Å²) < 4.78 is 1.57. The number of benzene rings is 2. The zero-order valence-corrected chi connectivity index (χ0v) is 12.8.